The van der Waals surface area contributed by atoms with Gasteiger partial charge in [-0.05, 0) is 36.6 Å². The first-order chi connectivity index (χ1) is 9.93. The topological polar surface area (TPSA) is 80.5 Å². The van der Waals surface area contributed by atoms with Gasteiger partial charge in [0.25, 0.3) is 0 Å². The second-order valence-corrected chi connectivity index (χ2v) is 9.65. The highest BCUT2D eigenvalue weighted by molar-refractivity contribution is 7.86. The Kier molecular flexibility index (Phi) is 4.61. The second-order valence-electron chi connectivity index (χ2n) is 8.24. The summed E-state index contributed by atoms with van der Waals surface area (Å²) in [6.45, 7) is 7.40. The van der Waals surface area contributed by atoms with E-state index in [2.05, 4.69) is 20.8 Å². The van der Waals surface area contributed by atoms with Gasteiger partial charge in [0, 0.05) is 24.9 Å². The molecule has 1 aliphatic carbocycles. The van der Waals surface area contributed by atoms with Crippen molar-refractivity contribution in [2.24, 2.45) is 22.5 Å². The molecular weight excluding hydrogens is 307 g/mol. The predicted octanol–water partition coefficient (Wildman–Crippen LogP) is 1.68. The highest BCUT2D eigenvalue weighted by Gasteiger charge is 2.45. The van der Waals surface area contributed by atoms with Crippen LogP contribution in [0.2, 0.25) is 0 Å². The van der Waals surface area contributed by atoms with Gasteiger partial charge in [0.15, 0.2) is 0 Å². The van der Waals surface area contributed by atoms with Gasteiger partial charge in [-0.15, -0.1) is 3.89 Å². The van der Waals surface area contributed by atoms with Crippen LogP contribution in [0.3, 0.4) is 0 Å². The minimum atomic E-state index is -4.53. The molecular formula is C15H27FN2O3S. The third kappa shape index (κ3) is 4.19. The fourth-order valence-electron chi connectivity index (χ4n) is 4.51. The maximum absolute atomic E-state index is 12.9. The number of hydrogen-bond acceptors (Lipinski definition) is 4. The zero-order valence-electron chi connectivity index (χ0n) is 13.6. The molecule has 1 saturated carbocycles. The molecule has 2 fully saturated rings. The lowest BCUT2D eigenvalue weighted by molar-refractivity contribution is -0.132. The van der Waals surface area contributed by atoms with Gasteiger partial charge < -0.3 is 10.6 Å². The smallest absolute Gasteiger partial charge is 0.302 e. The van der Waals surface area contributed by atoms with Gasteiger partial charge in [-0.3, -0.25) is 4.79 Å². The fourth-order valence-corrected chi connectivity index (χ4v) is 5.30. The quantitative estimate of drug-likeness (QED) is 0.793. The lowest BCUT2D eigenvalue weighted by Gasteiger charge is -2.48. The van der Waals surface area contributed by atoms with Gasteiger partial charge >= 0.3 is 10.2 Å². The maximum atomic E-state index is 12.9. The average Bonchev–Trinajstić information content (AvgIpc) is 2.65. The summed E-state index contributed by atoms with van der Waals surface area (Å²) in [7, 11) is -4.53. The largest absolute Gasteiger partial charge is 0.339 e. The van der Waals surface area contributed by atoms with Gasteiger partial charge in [0.1, 0.15) is 0 Å². The summed E-state index contributed by atoms with van der Waals surface area (Å²) in [5.74, 6) is -1.05. The molecule has 0 aromatic rings. The Bertz CT molecular complexity index is 549. The van der Waals surface area contributed by atoms with Gasteiger partial charge in [-0.25, -0.2) is 0 Å². The molecule has 3 atom stereocenters. The third-order valence-electron chi connectivity index (χ3n) is 5.03. The highest BCUT2D eigenvalue weighted by Crippen LogP contribution is 2.47. The molecule has 128 valence electrons. The SMILES string of the molecule is CC1(C)CC(N2CC(CS(=O)(=O)F)CC2=O)CC(C)(CN)C1. The lowest BCUT2D eigenvalue weighted by atomic mass is 9.62. The van der Waals surface area contributed by atoms with Crippen molar-refractivity contribution in [3.05, 3.63) is 0 Å². The Balaban J connectivity index is 2.12. The Morgan fingerprint density at radius 3 is 2.50 bits per heavy atom. The van der Waals surface area contributed by atoms with Gasteiger partial charge in [-0.1, -0.05) is 20.8 Å². The van der Waals surface area contributed by atoms with Crippen molar-refractivity contribution >= 4 is 16.1 Å². The summed E-state index contributed by atoms with van der Waals surface area (Å²) in [5, 5.41) is 0. The van der Waals surface area contributed by atoms with Gasteiger partial charge in [0.2, 0.25) is 5.91 Å². The van der Waals surface area contributed by atoms with Crippen LogP contribution in [0, 0.1) is 16.7 Å². The van der Waals surface area contributed by atoms with Crippen molar-refractivity contribution in [1.82, 2.24) is 4.90 Å². The van der Waals surface area contributed by atoms with Gasteiger partial charge in [0.05, 0.1) is 5.75 Å². The summed E-state index contributed by atoms with van der Waals surface area (Å²) in [5.41, 5.74) is 6.00. The molecule has 1 amide bonds. The summed E-state index contributed by atoms with van der Waals surface area (Å²) in [6.07, 6.45) is 2.84. The molecule has 0 bridgehead atoms. The molecule has 22 heavy (non-hydrogen) atoms. The van der Waals surface area contributed by atoms with E-state index in [0.717, 1.165) is 19.3 Å². The monoisotopic (exact) mass is 334 g/mol. The van der Waals surface area contributed by atoms with E-state index in [0.29, 0.717) is 13.1 Å². The van der Waals surface area contributed by atoms with E-state index in [1.807, 2.05) is 0 Å². The van der Waals surface area contributed by atoms with Crippen LogP contribution in [0.4, 0.5) is 3.89 Å². The molecule has 7 heteroatoms. The molecule has 3 unspecified atom stereocenters. The van der Waals surface area contributed by atoms with E-state index < -0.39 is 21.9 Å². The van der Waals surface area contributed by atoms with Crippen molar-refractivity contribution in [2.45, 2.75) is 52.5 Å². The first-order valence-corrected chi connectivity index (χ1v) is 9.40. The molecule has 5 nitrogen and oxygen atoms in total. The van der Waals surface area contributed by atoms with Crippen LogP contribution in [0.15, 0.2) is 0 Å². The lowest BCUT2D eigenvalue weighted by Crippen LogP contribution is -2.49. The van der Waals surface area contributed by atoms with E-state index in [4.69, 9.17) is 5.73 Å². The van der Waals surface area contributed by atoms with Crippen LogP contribution in [0.5, 0.6) is 0 Å². The van der Waals surface area contributed by atoms with Crippen LogP contribution < -0.4 is 5.73 Å². The van der Waals surface area contributed by atoms with E-state index in [1.165, 1.54) is 0 Å². The molecule has 2 rings (SSSR count). The van der Waals surface area contributed by atoms with Crippen LogP contribution in [-0.2, 0) is 15.0 Å². The van der Waals surface area contributed by atoms with Gasteiger partial charge in [-0.2, -0.15) is 8.42 Å². The normalized spacial score (nSPS) is 35.9. The van der Waals surface area contributed by atoms with Crippen molar-refractivity contribution in [3.63, 3.8) is 0 Å². The first kappa shape index (κ1) is 17.7. The Hall–Kier alpha value is -0.690. The van der Waals surface area contributed by atoms with Crippen molar-refractivity contribution in [2.75, 3.05) is 18.8 Å². The molecule has 1 aliphatic heterocycles. The van der Waals surface area contributed by atoms with Crippen LogP contribution in [0.1, 0.15) is 46.5 Å². The number of halogens is 1. The Morgan fingerprint density at radius 1 is 1.32 bits per heavy atom. The second kappa shape index (κ2) is 5.74. The molecule has 2 N–H and O–H groups in total. The standard InChI is InChI=1S/C15H27FN2O3S/c1-14(2)5-12(6-15(3,9-14)10-17)18-7-11(4-13(18)19)8-22(16,20)21/h11-12H,4-10,17H2,1-3H3. The minimum absolute atomic E-state index is 0.0169. The minimum Gasteiger partial charge on any atom is -0.339 e. The Labute approximate surface area is 132 Å². The number of nitrogens with two attached hydrogens (primary N) is 1. The number of rotatable bonds is 4. The molecule has 2 aliphatic rings. The zero-order chi connectivity index (χ0) is 16.8. The van der Waals surface area contributed by atoms with E-state index in [-0.39, 0.29) is 29.2 Å². The van der Waals surface area contributed by atoms with Crippen LogP contribution >= 0.6 is 0 Å². The molecule has 0 radical (unpaired) electrons. The first-order valence-electron chi connectivity index (χ1n) is 7.85. The molecule has 1 heterocycles. The predicted molar refractivity (Wildman–Crippen MR) is 83.3 cm³/mol. The molecule has 0 aromatic heterocycles. The number of carbonyl (C=O) groups excluding carboxylic acids is 1. The van der Waals surface area contributed by atoms with Crippen LogP contribution in [0.25, 0.3) is 0 Å². The third-order valence-corrected chi connectivity index (χ3v) is 5.90. The fraction of sp³-hybridized carbons (Fsp3) is 0.933. The Morgan fingerprint density at radius 2 is 1.95 bits per heavy atom. The van der Waals surface area contributed by atoms with Crippen molar-refractivity contribution in [3.8, 4) is 0 Å². The summed E-state index contributed by atoms with van der Waals surface area (Å²) in [4.78, 5) is 14.0. The van der Waals surface area contributed by atoms with E-state index >= 15 is 0 Å². The maximum Gasteiger partial charge on any atom is 0.302 e. The van der Waals surface area contributed by atoms with Crippen LogP contribution in [-0.4, -0.2) is 44.1 Å². The summed E-state index contributed by atoms with van der Waals surface area (Å²) in [6, 6.07) is 0.0668. The summed E-state index contributed by atoms with van der Waals surface area (Å²) >= 11 is 0. The highest BCUT2D eigenvalue weighted by atomic mass is 32.3. The van der Waals surface area contributed by atoms with Crippen molar-refractivity contribution < 1.29 is 17.1 Å². The number of hydrogen-bond donors (Lipinski definition) is 1. The average molecular weight is 334 g/mol. The van der Waals surface area contributed by atoms with E-state index in [1.54, 1.807) is 4.90 Å². The number of carbonyl (C=O) groups is 1. The number of amides is 1. The van der Waals surface area contributed by atoms with Crippen molar-refractivity contribution in [1.29, 1.82) is 0 Å². The number of likely N-dealkylation sites (tertiary alicyclic amines) is 1. The number of nitrogens with zero attached hydrogens (tertiary/aromatic N) is 1. The molecule has 1 saturated heterocycles. The zero-order valence-corrected chi connectivity index (χ0v) is 14.5. The molecule has 0 spiro atoms. The molecule has 0 aromatic carbocycles. The summed E-state index contributed by atoms with van der Waals surface area (Å²) < 4.78 is 34.5. The van der Waals surface area contributed by atoms with E-state index in [9.17, 15) is 17.1 Å².